The Morgan fingerprint density at radius 1 is 1.05 bits per heavy atom. The van der Waals surface area contributed by atoms with E-state index in [-0.39, 0.29) is 0 Å². The Balaban J connectivity index is 2.08. The van der Waals surface area contributed by atoms with E-state index in [4.69, 9.17) is 15.2 Å². The van der Waals surface area contributed by atoms with Gasteiger partial charge >= 0.3 is 0 Å². The third-order valence-corrected chi connectivity index (χ3v) is 3.15. The van der Waals surface area contributed by atoms with Gasteiger partial charge in [-0.1, -0.05) is 26.0 Å². The maximum atomic E-state index is 5.83. The minimum atomic E-state index is 0.475. The summed E-state index contributed by atoms with van der Waals surface area (Å²) in [6.07, 6.45) is 0. The molecular formula is C17H21NO2. The van der Waals surface area contributed by atoms with Crippen LogP contribution in [-0.2, 0) is 6.61 Å². The molecule has 20 heavy (non-hydrogen) atoms. The zero-order valence-electron chi connectivity index (χ0n) is 12.2. The molecule has 0 atom stereocenters. The first-order chi connectivity index (χ1) is 9.58. The van der Waals surface area contributed by atoms with Crippen LogP contribution in [0.15, 0.2) is 42.5 Å². The molecule has 0 aromatic heterocycles. The van der Waals surface area contributed by atoms with Crippen LogP contribution in [0.1, 0.15) is 30.9 Å². The summed E-state index contributed by atoms with van der Waals surface area (Å²) in [6.45, 7) is 4.81. The summed E-state index contributed by atoms with van der Waals surface area (Å²) in [5.74, 6) is 2.11. The summed E-state index contributed by atoms with van der Waals surface area (Å²) in [6, 6.07) is 13.8. The second-order valence-electron chi connectivity index (χ2n) is 5.13. The fourth-order valence-corrected chi connectivity index (χ4v) is 2.02. The quantitative estimate of drug-likeness (QED) is 0.836. The van der Waals surface area contributed by atoms with Gasteiger partial charge in [-0.3, -0.25) is 0 Å². The Bertz CT molecular complexity index is 579. The summed E-state index contributed by atoms with van der Waals surface area (Å²) in [5, 5.41) is 0. The fraction of sp³-hybridized carbons (Fsp3) is 0.294. The molecule has 106 valence electrons. The van der Waals surface area contributed by atoms with Gasteiger partial charge in [-0.25, -0.2) is 0 Å². The van der Waals surface area contributed by atoms with Crippen LogP contribution in [0.25, 0.3) is 0 Å². The summed E-state index contributed by atoms with van der Waals surface area (Å²) >= 11 is 0. The molecule has 2 rings (SSSR count). The molecule has 0 saturated heterocycles. The van der Waals surface area contributed by atoms with Gasteiger partial charge in [-0.15, -0.1) is 0 Å². The van der Waals surface area contributed by atoms with Gasteiger partial charge in [0.25, 0.3) is 0 Å². The Morgan fingerprint density at radius 2 is 1.85 bits per heavy atom. The summed E-state index contributed by atoms with van der Waals surface area (Å²) in [4.78, 5) is 0. The molecule has 0 aliphatic rings. The van der Waals surface area contributed by atoms with Gasteiger partial charge in [0.05, 0.1) is 7.11 Å². The van der Waals surface area contributed by atoms with Gasteiger partial charge in [-0.05, 0) is 41.3 Å². The number of nitrogens with two attached hydrogens (primary N) is 1. The molecule has 0 fully saturated rings. The smallest absolute Gasteiger partial charge is 0.121 e. The van der Waals surface area contributed by atoms with Crippen LogP contribution in [0.4, 0.5) is 5.69 Å². The van der Waals surface area contributed by atoms with E-state index >= 15 is 0 Å². The van der Waals surface area contributed by atoms with Crippen LogP contribution in [0.3, 0.4) is 0 Å². The SMILES string of the molecule is COc1cc(N)cc(COc2cccc(C(C)C)c2)c1. The van der Waals surface area contributed by atoms with Gasteiger partial charge < -0.3 is 15.2 Å². The van der Waals surface area contributed by atoms with Crippen molar-refractivity contribution in [3.63, 3.8) is 0 Å². The zero-order chi connectivity index (χ0) is 14.5. The number of nitrogen functional groups attached to an aromatic ring is 1. The van der Waals surface area contributed by atoms with Gasteiger partial charge in [0, 0.05) is 11.8 Å². The highest BCUT2D eigenvalue weighted by Crippen LogP contribution is 2.23. The Hall–Kier alpha value is -2.16. The van der Waals surface area contributed by atoms with E-state index < -0.39 is 0 Å². The van der Waals surface area contributed by atoms with Crippen LogP contribution in [0.2, 0.25) is 0 Å². The topological polar surface area (TPSA) is 44.5 Å². The van der Waals surface area contributed by atoms with Crippen LogP contribution in [-0.4, -0.2) is 7.11 Å². The number of benzene rings is 2. The van der Waals surface area contributed by atoms with Crippen LogP contribution in [0.5, 0.6) is 11.5 Å². The highest BCUT2D eigenvalue weighted by Gasteiger charge is 2.03. The van der Waals surface area contributed by atoms with Crippen molar-refractivity contribution in [1.29, 1.82) is 0 Å². The second-order valence-corrected chi connectivity index (χ2v) is 5.13. The minimum absolute atomic E-state index is 0.475. The predicted molar refractivity (Wildman–Crippen MR) is 82.3 cm³/mol. The summed E-state index contributed by atoms with van der Waals surface area (Å²) in [5.41, 5.74) is 8.78. The van der Waals surface area contributed by atoms with E-state index in [2.05, 4.69) is 26.0 Å². The maximum absolute atomic E-state index is 5.83. The van der Waals surface area contributed by atoms with E-state index in [0.717, 1.165) is 17.1 Å². The molecule has 2 N–H and O–H groups in total. The third-order valence-electron chi connectivity index (χ3n) is 3.15. The van der Waals surface area contributed by atoms with Crippen molar-refractivity contribution < 1.29 is 9.47 Å². The second kappa shape index (κ2) is 6.33. The molecule has 0 saturated carbocycles. The highest BCUT2D eigenvalue weighted by molar-refractivity contribution is 5.47. The minimum Gasteiger partial charge on any atom is -0.497 e. The predicted octanol–water partition coefficient (Wildman–Crippen LogP) is 3.98. The van der Waals surface area contributed by atoms with Crippen molar-refractivity contribution >= 4 is 5.69 Å². The lowest BCUT2D eigenvalue weighted by Gasteiger charge is -2.11. The first-order valence-electron chi connectivity index (χ1n) is 6.74. The van der Waals surface area contributed by atoms with E-state index in [1.54, 1.807) is 13.2 Å². The lowest BCUT2D eigenvalue weighted by atomic mass is 10.0. The molecule has 0 radical (unpaired) electrons. The largest absolute Gasteiger partial charge is 0.497 e. The average molecular weight is 271 g/mol. The summed E-state index contributed by atoms with van der Waals surface area (Å²) in [7, 11) is 1.63. The van der Waals surface area contributed by atoms with Crippen LogP contribution >= 0.6 is 0 Å². The molecule has 0 heterocycles. The van der Waals surface area contributed by atoms with Crippen LogP contribution < -0.4 is 15.2 Å². The summed E-state index contributed by atoms with van der Waals surface area (Å²) < 4.78 is 11.0. The lowest BCUT2D eigenvalue weighted by molar-refractivity contribution is 0.305. The molecule has 0 aliphatic carbocycles. The number of hydrogen-bond acceptors (Lipinski definition) is 3. The number of anilines is 1. The first kappa shape index (κ1) is 14.3. The monoisotopic (exact) mass is 271 g/mol. The van der Waals surface area contributed by atoms with E-state index in [0.29, 0.717) is 18.2 Å². The first-order valence-corrected chi connectivity index (χ1v) is 6.74. The number of rotatable bonds is 5. The van der Waals surface area contributed by atoms with Crippen molar-refractivity contribution in [2.75, 3.05) is 12.8 Å². The van der Waals surface area contributed by atoms with Crippen LogP contribution in [0, 0.1) is 0 Å². The van der Waals surface area contributed by atoms with E-state index in [9.17, 15) is 0 Å². The maximum Gasteiger partial charge on any atom is 0.121 e. The zero-order valence-corrected chi connectivity index (χ0v) is 12.2. The molecule has 2 aromatic carbocycles. The van der Waals surface area contributed by atoms with Gasteiger partial charge in [0.2, 0.25) is 0 Å². The Morgan fingerprint density at radius 3 is 2.55 bits per heavy atom. The van der Waals surface area contributed by atoms with Crippen molar-refractivity contribution in [2.45, 2.75) is 26.4 Å². The van der Waals surface area contributed by atoms with Gasteiger partial charge in [-0.2, -0.15) is 0 Å². The van der Waals surface area contributed by atoms with Gasteiger partial charge in [0.15, 0.2) is 0 Å². The van der Waals surface area contributed by atoms with Gasteiger partial charge in [0.1, 0.15) is 18.1 Å². The molecule has 0 bridgehead atoms. The van der Waals surface area contributed by atoms with Crippen molar-refractivity contribution in [3.8, 4) is 11.5 Å². The van der Waals surface area contributed by atoms with E-state index in [1.807, 2.05) is 24.3 Å². The average Bonchev–Trinajstić information content (AvgIpc) is 2.44. The fourth-order valence-electron chi connectivity index (χ4n) is 2.02. The van der Waals surface area contributed by atoms with E-state index in [1.165, 1.54) is 5.56 Å². The van der Waals surface area contributed by atoms with Crippen molar-refractivity contribution in [1.82, 2.24) is 0 Å². The molecule has 2 aromatic rings. The molecule has 0 amide bonds. The standard InChI is InChI=1S/C17H21NO2/c1-12(2)14-5-4-6-16(9-14)20-11-13-7-15(18)10-17(8-13)19-3/h4-10,12H,11,18H2,1-3H3. The molecule has 0 unspecified atom stereocenters. The van der Waals surface area contributed by atoms with Crippen molar-refractivity contribution in [3.05, 3.63) is 53.6 Å². The Kier molecular flexibility index (Phi) is 4.51. The molecule has 3 nitrogen and oxygen atoms in total. The van der Waals surface area contributed by atoms with Crippen molar-refractivity contribution in [2.24, 2.45) is 0 Å². The highest BCUT2D eigenvalue weighted by atomic mass is 16.5. The molecule has 0 aliphatic heterocycles. The normalized spacial score (nSPS) is 10.6. The lowest BCUT2D eigenvalue weighted by Crippen LogP contribution is -1.99. The number of hydrogen-bond donors (Lipinski definition) is 1. The molecular weight excluding hydrogens is 250 g/mol. The number of ether oxygens (including phenoxy) is 2. The Labute approximate surface area is 120 Å². The third kappa shape index (κ3) is 3.67. The molecule has 0 spiro atoms. The number of methoxy groups -OCH3 is 1. The molecule has 3 heteroatoms.